The summed E-state index contributed by atoms with van der Waals surface area (Å²) in [5.41, 5.74) is 0.225. The van der Waals surface area contributed by atoms with Crippen molar-refractivity contribution in [3.8, 4) is 0 Å². The SMILES string of the molecule is O=S(=O)(Nc1c(F)cccc1Br)c1ccc(CO)c(Cl)c1. The minimum Gasteiger partial charge on any atom is -0.392 e. The van der Waals surface area contributed by atoms with Crippen LogP contribution in [0.3, 0.4) is 0 Å². The number of para-hydroxylation sites is 1. The molecular weight excluding hydrogens is 385 g/mol. The summed E-state index contributed by atoms with van der Waals surface area (Å²) in [5, 5.41) is 9.13. The van der Waals surface area contributed by atoms with Crippen molar-refractivity contribution in [2.24, 2.45) is 0 Å². The summed E-state index contributed by atoms with van der Waals surface area (Å²) in [4.78, 5) is -0.125. The number of halogens is 3. The molecule has 2 aromatic rings. The third-order valence-electron chi connectivity index (χ3n) is 2.70. The Bertz CT molecular complexity index is 763. The number of hydrogen-bond donors (Lipinski definition) is 2. The van der Waals surface area contributed by atoms with Gasteiger partial charge in [-0.15, -0.1) is 0 Å². The highest BCUT2D eigenvalue weighted by Crippen LogP contribution is 2.29. The van der Waals surface area contributed by atoms with Gasteiger partial charge in [0.25, 0.3) is 10.0 Å². The molecule has 2 aromatic carbocycles. The lowest BCUT2D eigenvalue weighted by Crippen LogP contribution is -2.14. The van der Waals surface area contributed by atoms with E-state index in [2.05, 4.69) is 20.7 Å². The average molecular weight is 395 g/mol. The lowest BCUT2D eigenvalue weighted by atomic mass is 10.2. The van der Waals surface area contributed by atoms with Crippen molar-refractivity contribution in [2.45, 2.75) is 11.5 Å². The minimum atomic E-state index is -3.99. The zero-order valence-corrected chi connectivity index (χ0v) is 13.6. The Kier molecular flexibility index (Phi) is 4.88. The summed E-state index contributed by atoms with van der Waals surface area (Å²) in [6.07, 6.45) is 0. The van der Waals surface area contributed by atoms with E-state index in [1.165, 1.54) is 30.3 Å². The molecule has 4 nitrogen and oxygen atoms in total. The van der Waals surface area contributed by atoms with Crippen LogP contribution >= 0.6 is 27.5 Å². The molecule has 0 spiro atoms. The quantitative estimate of drug-likeness (QED) is 0.833. The van der Waals surface area contributed by atoms with Gasteiger partial charge in [0.05, 0.1) is 17.2 Å². The van der Waals surface area contributed by atoms with Crippen molar-refractivity contribution < 1.29 is 17.9 Å². The van der Waals surface area contributed by atoms with Gasteiger partial charge in [-0.25, -0.2) is 12.8 Å². The Morgan fingerprint density at radius 1 is 1.29 bits per heavy atom. The van der Waals surface area contributed by atoms with Crippen LogP contribution in [0.15, 0.2) is 45.8 Å². The number of nitrogens with one attached hydrogen (secondary N) is 1. The lowest BCUT2D eigenvalue weighted by Gasteiger charge is -2.11. The molecule has 0 bridgehead atoms. The maximum absolute atomic E-state index is 13.7. The smallest absolute Gasteiger partial charge is 0.262 e. The number of sulfonamides is 1. The minimum absolute atomic E-state index is 0.118. The van der Waals surface area contributed by atoms with Gasteiger partial charge in [0.15, 0.2) is 0 Å². The molecule has 0 heterocycles. The second kappa shape index (κ2) is 6.31. The summed E-state index contributed by atoms with van der Waals surface area (Å²) < 4.78 is 40.6. The van der Waals surface area contributed by atoms with Gasteiger partial charge in [-0.1, -0.05) is 23.7 Å². The van der Waals surface area contributed by atoms with Crippen molar-refractivity contribution in [3.05, 3.63) is 57.3 Å². The maximum atomic E-state index is 13.7. The molecule has 0 aliphatic carbocycles. The van der Waals surface area contributed by atoms with E-state index in [1.807, 2.05) is 0 Å². The zero-order chi connectivity index (χ0) is 15.6. The van der Waals surface area contributed by atoms with E-state index in [0.29, 0.717) is 5.56 Å². The molecule has 0 aliphatic rings. The fraction of sp³-hybridized carbons (Fsp3) is 0.0769. The first-order valence-electron chi connectivity index (χ1n) is 5.71. The highest BCUT2D eigenvalue weighted by atomic mass is 79.9. The average Bonchev–Trinajstić information content (AvgIpc) is 2.43. The molecule has 2 N–H and O–H groups in total. The van der Waals surface area contributed by atoms with Gasteiger partial charge in [0.1, 0.15) is 5.82 Å². The van der Waals surface area contributed by atoms with Gasteiger partial charge in [0.2, 0.25) is 0 Å². The van der Waals surface area contributed by atoms with E-state index in [4.69, 9.17) is 16.7 Å². The predicted molar refractivity (Wildman–Crippen MR) is 82.3 cm³/mol. The Hall–Kier alpha value is -1.15. The highest BCUT2D eigenvalue weighted by molar-refractivity contribution is 9.10. The monoisotopic (exact) mass is 393 g/mol. The molecule has 8 heteroatoms. The Balaban J connectivity index is 2.41. The van der Waals surface area contributed by atoms with E-state index in [9.17, 15) is 12.8 Å². The third-order valence-corrected chi connectivity index (χ3v) is 5.06. The topological polar surface area (TPSA) is 66.4 Å². The van der Waals surface area contributed by atoms with Gasteiger partial charge in [-0.2, -0.15) is 0 Å². The summed E-state index contributed by atoms with van der Waals surface area (Å²) in [5.74, 6) is -0.703. The van der Waals surface area contributed by atoms with Gasteiger partial charge in [-0.3, -0.25) is 4.72 Å². The van der Waals surface area contributed by atoms with Crippen LogP contribution in [-0.4, -0.2) is 13.5 Å². The van der Waals surface area contributed by atoms with Crippen LogP contribution in [0.5, 0.6) is 0 Å². The van der Waals surface area contributed by atoms with Crippen molar-refractivity contribution >= 4 is 43.2 Å². The summed E-state index contributed by atoms with van der Waals surface area (Å²) in [7, 11) is -3.99. The number of anilines is 1. The normalized spacial score (nSPS) is 11.4. The second-order valence-corrected chi connectivity index (χ2v) is 7.06. The van der Waals surface area contributed by atoms with E-state index in [-0.39, 0.29) is 26.7 Å². The van der Waals surface area contributed by atoms with Crippen LogP contribution in [0.2, 0.25) is 5.02 Å². The molecule has 112 valence electrons. The van der Waals surface area contributed by atoms with Crippen LogP contribution in [-0.2, 0) is 16.6 Å². The molecule has 0 amide bonds. The van der Waals surface area contributed by atoms with Crippen molar-refractivity contribution in [2.75, 3.05) is 4.72 Å². The number of hydrogen-bond acceptors (Lipinski definition) is 3. The number of aliphatic hydroxyl groups excluding tert-OH is 1. The Morgan fingerprint density at radius 2 is 2.00 bits per heavy atom. The molecular formula is C13H10BrClFNO3S. The molecule has 0 fully saturated rings. The van der Waals surface area contributed by atoms with Gasteiger partial charge >= 0.3 is 0 Å². The first kappa shape index (κ1) is 16.2. The molecule has 0 saturated carbocycles. The second-order valence-electron chi connectivity index (χ2n) is 4.11. The van der Waals surface area contributed by atoms with E-state index in [1.54, 1.807) is 0 Å². The standard InChI is InChI=1S/C13H10BrClFNO3S/c14-10-2-1-3-12(16)13(10)17-21(19,20)9-5-4-8(7-18)11(15)6-9/h1-6,17-18H,7H2. The molecule has 0 unspecified atom stereocenters. The maximum Gasteiger partial charge on any atom is 0.262 e. The molecule has 0 atom stereocenters. The number of aliphatic hydroxyl groups is 1. The Morgan fingerprint density at radius 3 is 2.57 bits per heavy atom. The zero-order valence-electron chi connectivity index (χ0n) is 10.5. The first-order valence-corrected chi connectivity index (χ1v) is 8.36. The van der Waals surface area contributed by atoms with Crippen molar-refractivity contribution in [1.82, 2.24) is 0 Å². The fourth-order valence-electron chi connectivity index (χ4n) is 1.61. The van der Waals surface area contributed by atoms with Crippen LogP contribution in [0.4, 0.5) is 10.1 Å². The summed E-state index contributed by atoms with van der Waals surface area (Å²) in [6.45, 7) is -0.300. The fourth-order valence-corrected chi connectivity index (χ4v) is 3.60. The van der Waals surface area contributed by atoms with E-state index >= 15 is 0 Å². The van der Waals surface area contributed by atoms with Crippen LogP contribution in [0.25, 0.3) is 0 Å². The first-order chi connectivity index (χ1) is 9.85. The molecule has 0 radical (unpaired) electrons. The summed E-state index contributed by atoms with van der Waals surface area (Å²) in [6, 6.07) is 7.99. The van der Waals surface area contributed by atoms with E-state index < -0.39 is 15.8 Å². The van der Waals surface area contributed by atoms with Gasteiger partial charge in [-0.05, 0) is 45.8 Å². The summed E-state index contributed by atoms with van der Waals surface area (Å²) >= 11 is 8.95. The lowest BCUT2D eigenvalue weighted by molar-refractivity contribution is 0.282. The van der Waals surface area contributed by atoms with Crippen molar-refractivity contribution in [3.63, 3.8) is 0 Å². The number of benzene rings is 2. The van der Waals surface area contributed by atoms with Crippen LogP contribution < -0.4 is 4.72 Å². The van der Waals surface area contributed by atoms with Crippen LogP contribution in [0, 0.1) is 5.82 Å². The van der Waals surface area contributed by atoms with Crippen LogP contribution in [0.1, 0.15) is 5.56 Å². The van der Waals surface area contributed by atoms with Crippen molar-refractivity contribution in [1.29, 1.82) is 0 Å². The number of rotatable bonds is 4. The van der Waals surface area contributed by atoms with Gasteiger partial charge < -0.3 is 5.11 Å². The highest BCUT2D eigenvalue weighted by Gasteiger charge is 2.19. The third kappa shape index (κ3) is 3.55. The molecule has 0 aliphatic heterocycles. The predicted octanol–water partition coefficient (Wildman–Crippen LogP) is 3.53. The van der Waals surface area contributed by atoms with E-state index in [0.717, 1.165) is 6.07 Å². The largest absolute Gasteiger partial charge is 0.392 e. The van der Waals surface area contributed by atoms with Gasteiger partial charge in [0, 0.05) is 9.50 Å². The Labute approximate surface area is 134 Å². The molecule has 0 aromatic heterocycles. The molecule has 2 rings (SSSR count). The molecule has 0 saturated heterocycles. The molecule has 21 heavy (non-hydrogen) atoms.